The molecule has 24 heavy (non-hydrogen) atoms. The Hall–Kier alpha value is -2.35. The highest BCUT2D eigenvalue weighted by molar-refractivity contribution is 5.37. The Balaban J connectivity index is 1.67. The van der Waals surface area contributed by atoms with Crippen molar-refractivity contribution in [2.24, 2.45) is 0 Å². The molecule has 8 nitrogen and oxygen atoms in total. The fraction of sp³-hybridized carbons (Fsp3) is 0.562. The van der Waals surface area contributed by atoms with Gasteiger partial charge in [0.25, 0.3) is 0 Å². The van der Waals surface area contributed by atoms with Crippen LogP contribution in [0.5, 0.6) is 6.01 Å². The third-order valence-electron chi connectivity index (χ3n) is 3.94. The molecule has 0 spiro atoms. The summed E-state index contributed by atoms with van der Waals surface area (Å²) in [4.78, 5) is 15.4. The molecule has 8 heteroatoms. The molecule has 3 heterocycles. The molecule has 0 radical (unpaired) electrons. The summed E-state index contributed by atoms with van der Waals surface area (Å²) >= 11 is 0. The van der Waals surface area contributed by atoms with Crippen molar-refractivity contribution in [3.05, 3.63) is 24.2 Å². The summed E-state index contributed by atoms with van der Waals surface area (Å²) in [6.45, 7) is 5.07. The van der Waals surface area contributed by atoms with E-state index in [9.17, 15) is 0 Å². The van der Waals surface area contributed by atoms with Gasteiger partial charge in [0, 0.05) is 6.04 Å². The van der Waals surface area contributed by atoms with Gasteiger partial charge < -0.3 is 24.7 Å². The monoisotopic (exact) mass is 332 g/mol. The van der Waals surface area contributed by atoms with E-state index in [2.05, 4.69) is 37.5 Å². The van der Waals surface area contributed by atoms with E-state index < -0.39 is 0 Å². The molecule has 1 aliphatic rings. The van der Waals surface area contributed by atoms with Crippen LogP contribution in [0.2, 0.25) is 0 Å². The second-order valence-corrected chi connectivity index (χ2v) is 5.85. The summed E-state index contributed by atoms with van der Waals surface area (Å²) < 4.78 is 10.8. The van der Waals surface area contributed by atoms with E-state index in [4.69, 9.17) is 9.15 Å². The van der Waals surface area contributed by atoms with Crippen LogP contribution in [0.4, 0.5) is 11.9 Å². The maximum atomic E-state index is 5.46. The van der Waals surface area contributed by atoms with E-state index in [1.165, 1.54) is 0 Å². The van der Waals surface area contributed by atoms with Crippen LogP contribution in [0.15, 0.2) is 22.8 Å². The summed E-state index contributed by atoms with van der Waals surface area (Å²) in [5, 5.41) is 6.55. The number of aromatic nitrogens is 3. The van der Waals surface area contributed by atoms with Gasteiger partial charge in [-0.15, -0.1) is 0 Å². The van der Waals surface area contributed by atoms with Gasteiger partial charge in [0.1, 0.15) is 5.76 Å². The molecule has 1 saturated heterocycles. The first kappa shape index (κ1) is 16.5. The molecule has 0 aromatic carbocycles. The summed E-state index contributed by atoms with van der Waals surface area (Å²) in [7, 11) is 2.14. The highest BCUT2D eigenvalue weighted by Gasteiger charge is 2.18. The molecular formula is C16H24N6O2. The highest BCUT2D eigenvalue weighted by atomic mass is 16.5. The normalized spacial score (nSPS) is 16.1. The van der Waals surface area contributed by atoms with Gasteiger partial charge in [-0.1, -0.05) is 0 Å². The molecule has 0 saturated carbocycles. The fourth-order valence-corrected chi connectivity index (χ4v) is 2.61. The van der Waals surface area contributed by atoms with Crippen LogP contribution in [-0.4, -0.2) is 52.6 Å². The van der Waals surface area contributed by atoms with Crippen LogP contribution < -0.4 is 15.4 Å². The number of rotatable bonds is 7. The lowest BCUT2D eigenvalue weighted by Gasteiger charge is -2.29. The summed E-state index contributed by atoms with van der Waals surface area (Å²) in [5.41, 5.74) is 0. The first-order valence-electron chi connectivity index (χ1n) is 8.33. The van der Waals surface area contributed by atoms with Crippen molar-refractivity contribution in [3.63, 3.8) is 0 Å². The Morgan fingerprint density at radius 3 is 2.75 bits per heavy atom. The third-order valence-corrected chi connectivity index (χ3v) is 3.94. The number of nitrogens with one attached hydrogen (secondary N) is 2. The van der Waals surface area contributed by atoms with Crippen molar-refractivity contribution in [2.75, 3.05) is 37.4 Å². The second kappa shape index (κ2) is 7.96. The van der Waals surface area contributed by atoms with Crippen LogP contribution in [0.3, 0.4) is 0 Å². The van der Waals surface area contributed by atoms with Gasteiger partial charge in [0.2, 0.25) is 11.9 Å². The van der Waals surface area contributed by atoms with Crippen molar-refractivity contribution in [1.29, 1.82) is 0 Å². The first-order valence-corrected chi connectivity index (χ1v) is 8.33. The van der Waals surface area contributed by atoms with Crippen molar-refractivity contribution < 1.29 is 9.15 Å². The Bertz CT molecular complexity index is 626. The van der Waals surface area contributed by atoms with E-state index >= 15 is 0 Å². The number of ether oxygens (including phenoxy) is 1. The SMILES string of the molecule is CCOc1nc(NCc2ccco2)nc(NC2CCN(C)CC2)n1. The zero-order chi connectivity index (χ0) is 16.8. The summed E-state index contributed by atoms with van der Waals surface area (Å²) in [6, 6.07) is 4.44. The number of piperidine rings is 1. The number of hydrogen-bond acceptors (Lipinski definition) is 8. The molecule has 0 atom stereocenters. The lowest BCUT2D eigenvalue weighted by molar-refractivity contribution is 0.263. The molecule has 3 rings (SSSR count). The molecular weight excluding hydrogens is 308 g/mol. The molecule has 0 bridgehead atoms. The maximum Gasteiger partial charge on any atom is 0.323 e. The van der Waals surface area contributed by atoms with E-state index in [0.717, 1.165) is 31.7 Å². The Kier molecular flexibility index (Phi) is 5.47. The third kappa shape index (κ3) is 4.58. The van der Waals surface area contributed by atoms with Crippen LogP contribution in [0.1, 0.15) is 25.5 Å². The van der Waals surface area contributed by atoms with Gasteiger partial charge in [-0.05, 0) is 52.0 Å². The van der Waals surface area contributed by atoms with Crippen LogP contribution in [-0.2, 0) is 6.54 Å². The molecule has 0 amide bonds. The van der Waals surface area contributed by atoms with Crippen molar-refractivity contribution in [2.45, 2.75) is 32.4 Å². The van der Waals surface area contributed by atoms with Gasteiger partial charge in [0.05, 0.1) is 19.4 Å². The predicted octanol–water partition coefficient (Wildman–Crippen LogP) is 1.98. The minimum Gasteiger partial charge on any atom is -0.467 e. The molecule has 2 aromatic rings. The van der Waals surface area contributed by atoms with E-state index in [-0.39, 0.29) is 0 Å². The number of anilines is 2. The Labute approximate surface area is 141 Å². The fourth-order valence-electron chi connectivity index (χ4n) is 2.61. The van der Waals surface area contributed by atoms with Gasteiger partial charge in [-0.2, -0.15) is 15.0 Å². The molecule has 130 valence electrons. The lowest BCUT2D eigenvalue weighted by Crippen LogP contribution is -2.37. The molecule has 0 aliphatic carbocycles. The molecule has 1 fully saturated rings. The van der Waals surface area contributed by atoms with Crippen LogP contribution in [0.25, 0.3) is 0 Å². The van der Waals surface area contributed by atoms with E-state index in [1.54, 1.807) is 6.26 Å². The Morgan fingerprint density at radius 1 is 1.25 bits per heavy atom. The minimum absolute atomic E-state index is 0.324. The molecule has 2 N–H and O–H groups in total. The van der Waals surface area contributed by atoms with Crippen molar-refractivity contribution in [1.82, 2.24) is 19.9 Å². The van der Waals surface area contributed by atoms with Crippen molar-refractivity contribution in [3.8, 4) is 6.01 Å². The van der Waals surface area contributed by atoms with Gasteiger partial charge in [0.15, 0.2) is 0 Å². The minimum atomic E-state index is 0.324. The van der Waals surface area contributed by atoms with Crippen LogP contribution in [0, 0.1) is 0 Å². The lowest BCUT2D eigenvalue weighted by atomic mass is 10.1. The standard InChI is InChI=1S/C16H24N6O2/c1-3-23-16-20-14(17-11-13-5-4-10-24-13)19-15(21-16)18-12-6-8-22(2)9-7-12/h4-5,10,12H,3,6-9,11H2,1-2H3,(H2,17,18,19,20,21). The maximum absolute atomic E-state index is 5.46. The molecule has 1 aliphatic heterocycles. The second-order valence-electron chi connectivity index (χ2n) is 5.85. The number of furan rings is 1. The zero-order valence-corrected chi connectivity index (χ0v) is 14.2. The molecule has 0 unspecified atom stereocenters. The Morgan fingerprint density at radius 2 is 2.04 bits per heavy atom. The summed E-state index contributed by atoms with van der Waals surface area (Å²) in [6.07, 6.45) is 3.78. The topological polar surface area (TPSA) is 88.3 Å². The smallest absolute Gasteiger partial charge is 0.323 e. The van der Waals surface area contributed by atoms with E-state index in [0.29, 0.717) is 37.1 Å². The first-order chi connectivity index (χ1) is 11.7. The number of hydrogen-bond donors (Lipinski definition) is 2. The summed E-state index contributed by atoms with van der Waals surface area (Å²) in [5.74, 6) is 1.84. The van der Waals surface area contributed by atoms with Gasteiger partial charge >= 0.3 is 6.01 Å². The number of nitrogens with zero attached hydrogens (tertiary/aromatic N) is 4. The molecule has 2 aromatic heterocycles. The average molecular weight is 332 g/mol. The van der Waals surface area contributed by atoms with Crippen molar-refractivity contribution >= 4 is 11.9 Å². The zero-order valence-electron chi connectivity index (χ0n) is 14.2. The number of likely N-dealkylation sites (tertiary alicyclic amines) is 1. The van der Waals surface area contributed by atoms with Crippen LogP contribution >= 0.6 is 0 Å². The quantitative estimate of drug-likeness (QED) is 0.796. The van der Waals surface area contributed by atoms with Gasteiger partial charge in [-0.25, -0.2) is 0 Å². The predicted molar refractivity (Wildman–Crippen MR) is 91.2 cm³/mol. The highest BCUT2D eigenvalue weighted by Crippen LogP contribution is 2.17. The largest absolute Gasteiger partial charge is 0.467 e. The average Bonchev–Trinajstić information content (AvgIpc) is 3.09. The van der Waals surface area contributed by atoms with E-state index in [1.807, 2.05) is 19.1 Å². The van der Waals surface area contributed by atoms with Gasteiger partial charge in [-0.3, -0.25) is 0 Å².